The first-order valence-corrected chi connectivity index (χ1v) is 9.90. The summed E-state index contributed by atoms with van der Waals surface area (Å²) in [5, 5.41) is 10.1. The quantitative estimate of drug-likeness (QED) is 0.421. The van der Waals surface area contributed by atoms with Crippen LogP contribution in [0.4, 0.5) is 4.79 Å². The fraction of sp³-hybridized carbons (Fsp3) is 0.619. The molecule has 0 unspecified atom stereocenters. The van der Waals surface area contributed by atoms with E-state index in [0.717, 1.165) is 5.56 Å². The van der Waals surface area contributed by atoms with Gasteiger partial charge in [-0.1, -0.05) is 43.7 Å². The standard InChI is InChI=1S/C21H33NO6/c1-6-13-18(21(27-8-3,28-9-4)19(23)26-7-2)22(20(24)25)16(5)17-14-11-10-12-15-17/h10-12,14-16,18H,6-9,13H2,1-5H3,(H,24,25)/t16-,18-/m0/s1. The van der Waals surface area contributed by atoms with Crippen LogP contribution in [0.2, 0.25) is 0 Å². The Morgan fingerprint density at radius 3 is 2.04 bits per heavy atom. The molecule has 0 saturated heterocycles. The average Bonchev–Trinajstić information content (AvgIpc) is 2.67. The minimum Gasteiger partial charge on any atom is -0.465 e. The second kappa shape index (κ2) is 11.7. The molecule has 158 valence electrons. The van der Waals surface area contributed by atoms with Crippen LogP contribution in [-0.4, -0.2) is 53.7 Å². The van der Waals surface area contributed by atoms with Gasteiger partial charge >= 0.3 is 12.1 Å². The molecule has 0 bridgehead atoms. The summed E-state index contributed by atoms with van der Waals surface area (Å²) in [6, 6.07) is 7.91. The molecule has 0 aliphatic rings. The number of benzene rings is 1. The van der Waals surface area contributed by atoms with E-state index < -0.39 is 29.9 Å². The van der Waals surface area contributed by atoms with Crippen LogP contribution in [0.1, 0.15) is 59.1 Å². The van der Waals surface area contributed by atoms with E-state index in [1.165, 1.54) is 4.90 Å². The highest BCUT2D eigenvalue weighted by molar-refractivity contribution is 5.80. The van der Waals surface area contributed by atoms with E-state index in [2.05, 4.69) is 0 Å². The first-order chi connectivity index (χ1) is 13.4. The first kappa shape index (κ1) is 23.9. The molecule has 0 aromatic heterocycles. The van der Waals surface area contributed by atoms with Crippen LogP contribution >= 0.6 is 0 Å². The van der Waals surface area contributed by atoms with Gasteiger partial charge in [0.05, 0.1) is 12.6 Å². The Balaban J connectivity index is 3.53. The molecular formula is C21H33NO6. The van der Waals surface area contributed by atoms with E-state index in [-0.39, 0.29) is 19.8 Å². The number of hydrogen-bond acceptors (Lipinski definition) is 5. The van der Waals surface area contributed by atoms with Crippen LogP contribution in [0, 0.1) is 0 Å². The second-order valence-corrected chi connectivity index (χ2v) is 6.33. The summed E-state index contributed by atoms with van der Waals surface area (Å²) in [5.74, 6) is -2.53. The Hall–Kier alpha value is -2.12. The molecule has 0 aliphatic heterocycles. The molecule has 7 heteroatoms. The van der Waals surface area contributed by atoms with Crippen molar-refractivity contribution in [2.24, 2.45) is 0 Å². The van der Waals surface area contributed by atoms with E-state index >= 15 is 0 Å². The lowest BCUT2D eigenvalue weighted by atomic mass is 9.96. The lowest BCUT2D eigenvalue weighted by molar-refractivity contribution is -0.269. The third-order valence-electron chi connectivity index (χ3n) is 4.53. The molecule has 0 aliphatic carbocycles. The third-order valence-corrected chi connectivity index (χ3v) is 4.53. The molecule has 0 saturated carbocycles. The van der Waals surface area contributed by atoms with Crippen molar-refractivity contribution in [3.63, 3.8) is 0 Å². The van der Waals surface area contributed by atoms with Crippen molar-refractivity contribution in [1.29, 1.82) is 0 Å². The van der Waals surface area contributed by atoms with E-state index in [4.69, 9.17) is 14.2 Å². The molecule has 0 radical (unpaired) electrons. The van der Waals surface area contributed by atoms with Gasteiger partial charge in [-0.15, -0.1) is 0 Å². The lowest BCUT2D eigenvalue weighted by Crippen LogP contribution is -2.62. The molecule has 0 heterocycles. The van der Waals surface area contributed by atoms with Gasteiger partial charge in [0, 0.05) is 13.2 Å². The number of carbonyl (C=O) groups is 2. The predicted molar refractivity (Wildman–Crippen MR) is 106 cm³/mol. The molecule has 7 nitrogen and oxygen atoms in total. The Morgan fingerprint density at radius 1 is 1.04 bits per heavy atom. The van der Waals surface area contributed by atoms with Gasteiger partial charge < -0.3 is 19.3 Å². The number of nitrogens with zero attached hydrogens (tertiary/aromatic N) is 1. The van der Waals surface area contributed by atoms with Crippen molar-refractivity contribution in [3.8, 4) is 0 Å². The van der Waals surface area contributed by atoms with Crippen molar-refractivity contribution < 1.29 is 28.9 Å². The normalized spacial score (nSPS) is 13.6. The highest BCUT2D eigenvalue weighted by Gasteiger charge is 2.54. The van der Waals surface area contributed by atoms with Crippen molar-refractivity contribution in [1.82, 2.24) is 4.90 Å². The van der Waals surface area contributed by atoms with Gasteiger partial charge in [-0.3, -0.25) is 4.90 Å². The number of amides is 1. The zero-order valence-electron chi connectivity index (χ0n) is 17.5. The topological polar surface area (TPSA) is 85.3 Å². The summed E-state index contributed by atoms with van der Waals surface area (Å²) in [7, 11) is 0. The molecule has 1 N–H and O–H groups in total. The van der Waals surface area contributed by atoms with Crippen LogP contribution in [0.25, 0.3) is 0 Å². The molecular weight excluding hydrogens is 362 g/mol. The Bertz CT molecular complexity index is 600. The van der Waals surface area contributed by atoms with Crippen molar-refractivity contribution in [3.05, 3.63) is 35.9 Å². The summed E-state index contributed by atoms with van der Waals surface area (Å²) >= 11 is 0. The zero-order chi connectivity index (χ0) is 21.2. The van der Waals surface area contributed by atoms with Crippen molar-refractivity contribution in [2.45, 2.75) is 65.3 Å². The number of carbonyl (C=O) groups excluding carboxylic acids is 1. The van der Waals surface area contributed by atoms with Gasteiger partial charge in [0.1, 0.15) is 6.04 Å². The molecule has 1 rings (SSSR count). The van der Waals surface area contributed by atoms with Crippen LogP contribution < -0.4 is 0 Å². The number of rotatable bonds is 12. The molecule has 0 spiro atoms. The summed E-state index contributed by atoms with van der Waals surface area (Å²) in [4.78, 5) is 26.5. The van der Waals surface area contributed by atoms with Gasteiger partial charge in [0.25, 0.3) is 5.79 Å². The average molecular weight is 395 g/mol. The molecule has 1 amide bonds. The van der Waals surface area contributed by atoms with Gasteiger partial charge in [0.15, 0.2) is 0 Å². The van der Waals surface area contributed by atoms with E-state index in [1.54, 1.807) is 27.7 Å². The van der Waals surface area contributed by atoms with Gasteiger partial charge in [-0.25, -0.2) is 9.59 Å². The van der Waals surface area contributed by atoms with Crippen LogP contribution in [0.3, 0.4) is 0 Å². The highest BCUT2D eigenvalue weighted by atomic mass is 16.7. The summed E-state index contributed by atoms with van der Waals surface area (Å²) in [6.07, 6.45) is -0.137. The molecule has 28 heavy (non-hydrogen) atoms. The Kier molecular flexibility index (Phi) is 9.96. The molecule has 2 atom stereocenters. The highest BCUT2D eigenvalue weighted by Crippen LogP contribution is 2.34. The zero-order valence-corrected chi connectivity index (χ0v) is 17.5. The maximum Gasteiger partial charge on any atom is 0.408 e. The van der Waals surface area contributed by atoms with Crippen LogP contribution in [0.15, 0.2) is 30.3 Å². The number of carboxylic acid groups (broad SMARTS) is 1. The van der Waals surface area contributed by atoms with Crippen LogP contribution in [0.5, 0.6) is 0 Å². The van der Waals surface area contributed by atoms with Gasteiger partial charge in [-0.05, 0) is 39.7 Å². The largest absolute Gasteiger partial charge is 0.465 e. The minimum atomic E-state index is -1.82. The van der Waals surface area contributed by atoms with E-state index in [1.807, 2.05) is 37.3 Å². The summed E-state index contributed by atoms with van der Waals surface area (Å²) in [6.45, 7) is 9.37. The summed E-state index contributed by atoms with van der Waals surface area (Å²) in [5.41, 5.74) is 0.816. The van der Waals surface area contributed by atoms with Crippen molar-refractivity contribution >= 4 is 12.1 Å². The summed E-state index contributed by atoms with van der Waals surface area (Å²) < 4.78 is 16.9. The van der Waals surface area contributed by atoms with Gasteiger partial charge in [-0.2, -0.15) is 0 Å². The minimum absolute atomic E-state index is 0.140. The number of esters is 1. The van der Waals surface area contributed by atoms with E-state index in [9.17, 15) is 14.7 Å². The fourth-order valence-corrected chi connectivity index (χ4v) is 3.40. The van der Waals surface area contributed by atoms with Crippen molar-refractivity contribution in [2.75, 3.05) is 19.8 Å². The Labute approximate surface area is 167 Å². The van der Waals surface area contributed by atoms with Gasteiger partial charge in [0.2, 0.25) is 0 Å². The SMILES string of the molecule is CCC[C@H](N(C(=O)O)[C@@H](C)c1ccccc1)C(OCC)(OCC)C(=O)OCC. The monoisotopic (exact) mass is 395 g/mol. The molecule has 1 aromatic carbocycles. The second-order valence-electron chi connectivity index (χ2n) is 6.33. The van der Waals surface area contributed by atoms with E-state index in [0.29, 0.717) is 12.8 Å². The fourth-order valence-electron chi connectivity index (χ4n) is 3.40. The first-order valence-electron chi connectivity index (χ1n) is 9.90. The maximum atomic E-state index is 13.0. The number of hydrogen-bond donors (Lipinski definition) is 1. The lowest BCUT2D eigenvalue weighted by Gasteiger charge is -2.44. The smallest absolute Gasteiger partial charge is 0.408 e. The number of ether oxygens (including phenoxy) is 3. The Morgan fingerprint density at radius 2 is 1.61 bits per heavy atom. The molecule has 1 aromatic rings. The third kappa shape index (κ3) is 5.45. The predicted octanol–water partition coefficient (Wildman–Crippen LogP) is 4.23. The molecule has 0 fully saturated rings. The van der Waals surface area contributed by atoms with Crippen LogP contribution in [-0.2, 0) is 19.0 Å². The maximum absolute atomic E-state index is 13.0.